The normalized spacial score (nSPS) is 18.1. The fourth-order valence-corrected chi connectivity index (χ4v) is 3.38. The number of benzene rings is 1. The Morgan fingerprint density at radius 1 is 1.03 bits per heavy atom. The number of nitrogens with one attached hydrogen (secondary N) is 2. The van der Waals surface area contributed by atoms with E-state index in [1.54, 1.807) is 0 Å². The van der Waals surface area contributed by atoms with E-state index in [0.29, 0.717) is 5.56 Å². The number of hydrogen-bond donors (Lipinski definition) is 4. The number of epoxide rings is 1. The summed E-state index contributed by atoms with van der Waals surface area (Å²) in [6.07, 6.45) is 2.71. The molecule has 0 radical (unpaired) electrons. The van der Waals surface area contributed by atoms with Crippen molar-refractivity contribution in [2.24, 2.45) is 5.92 Å². The largest absolute Gasteiger partial charge is 0.423 e. The standard InChI is InChI=1S/C25H32N2O10/c1-14(2)9-18(23(33)25(12-29)13-35-25)27-24(34)19(11-28)26-22(32)8-6-17-5-7-20(36-15(3)30)21(10-17)37-16(4)31/h5-8,10,14,18-19,28-29H,9,11-13H2,1-4H3,(H,26,32)(H,27,34)/b8-6+/t18?,19-,25+/m0/s1. The topological polar surface area (TPSA) is 181 Å². The monoisotopic (exact) mass is 520 g/mol. The van der Waals surface area contributed by atoms with Crippen molar-refractivity contribution in [2.75, 3.05) is 19.8 Å². The number of amides is 2. The Balaban J connectivity index is 2.08. The van der Waals surface area contributed by atoms with Crippen molar-refractivity contribution < 1.29 is 48.4 Å². The van der Waals surface area contributed by atoms with Gasteiger partial charge in [0, 0.05) is 19.9 Å². The van der Waals surface area contributed by atoms with Gasteiger partial charge < -0.3 is 35.1 Å². The number of carbonyl (C=O) groups excluding carboxylic acids is 5. The molecule has 37 heavy (non-hydrogen) atoms. The van der Waals surface area contributed by atoms with E-state index < -0.39 is 60.4 Å². The lowest BCUT2D eigenvalue weighted by molar-refractivity contribution is -0.134. The molecule has 0 bridgehead atoms. The molecule has 2 amide bonds. The highest BCUT2D eigenvalue weighted by Gasteiger charge is 2.54. The van der Waals surface area contributed by atoms with E-state index >= 15 is 0 Å². The van der Waals surface area contributed by atoms with E-state index in [1.165, 1.54) is 38.1 Å². The first-order chi connectivity index (χ1) is 17.4. The highest BCUT2D eigenvalue weighted by molar-refractivity contribution is 5.99. The summed E-state index contributed by atoms with van der Waals surface area (Å²) in [6, 6.07) is 1.94. The molecule has 0 aromatic heterocycles. The van der Waals surface area contributed by atoms with Crippen LogP contribution in [0.3, 0.4) is 0 Å². The van der Waals surface area contributed by atoms with Gasteiger partial charge in [-0.2, -0.15) is 0 Å². The van der Waals surface area contributed by atoms with E-state index in [4.69, 9.17) is 14.2 Å². The highest BCUT2D eigenvalue weighted by Crippen LogP contribution is 2.30. The zero-order chi connectivity index (χ0) is 27.8. The van der Waals surface area contributed by atoms with Gasteiger partial charge in [-0.15, -0.1) is 0 Å². The first-order valence-electron chi connectivity index (χ1n) is 11.6. The molecule has 4 N–H and O–H groups in total. The van der Waals surface area contributed by atoms with Gasteiger partial charge in [-0.3, -0.25) is 24.0 Å². The Labute approximate surface area is 214 Å². The van der Waals surface area contributed by atoms with Crippen LogP contribution in [0.15, 0.2) is 24.3 Å². The summed E-state index contributed by atoms with van der Waals surface area (Å²) in [5.74, 6) is -3.21. The summed E-state index contributed by atoms with van der Waals surface area (Å²) < 4.78 is 15.1. The van der Waals surface area contributed by atoms with Crippen LogP contribution in [0.1, 0.15) is 39.7 Å². The van der Waals surface area contributed by atoms with Crippen molar-refractivity contribution in [1.29, 1.82) is 0 Å². The Kier molecular flexibility index (Phi) is 10.5. The first-order valence-corrected chi connectivity index (χ1v) is 11.6. The second-order valence-electron chi connectivity index (χ2n) is 8.97. The van der Waals surface area contributed by atoms with E-state index in [1.807, 2.05) is 13.8 Å². The zero-order valence-electron chi connectivity index (χ0n) is 21.1. The number of Topliss-reactive ketones (excluding diaryl/α,β-unsaturated/α-hetero) is 1. The predicted molar refractivity (Wildman–Crippen MR) is 129 cm³/mol. The second kappa shape index (κ2) is 13.1. The smallest absolute Gasteiger partial charge is 0.308 e. The Morgan fingerprint density at radius 3 is 2.16 bits per heavy atom. The molecule has 1 aliphatic rings. The van der Waals surface area contributed by atoms with Gasteiger partial charge >= 0.3 is 11.9 Å². The minimum absolute atomic E-state index is 0.0198. The molecule has 1 aromatic carbocycles. The molecule has 0 aliphatic carbocycles. The summed E-state index contributed by atoms with van der Waals surface area (Å²) in [5, 5.41) is 24.0. The van der Waals surface area contributed by atoms with Gasteiger partial charge in [0.1, 0.15) is 6.04 Å². The molecule has 1 aliphatic heterocycles. The third-order valence-corrected chi connectivity index (χ3v) is 5.26. The number of carbonyl (C=O) groups is 5. The number of aliphatic hydroxyl groups excluding tert-OH is 2. The number of ketones is 1. The maximum absolute atomic E-state index is 12.8. The van der Waals surface area contributed by atoms with Crippen molar-refractivity contribution in [3.8, 4) is 11.5 Å². The molecule has 3 atom stereocenters. The molecule has 202 valence electrons. The number of aliphatic hydroxyl groups is 2. The van der Waals surface area contributed by atoms with Crippen LogP contribution in [-0.2, 0) is 28.7 Å². The predicted octanol–water partition coefficient (Wildman–Crippen LogP) is -0.111. The number of ether oxygens (including phenoxy) is 3. The molecule has 1 aromatic rings. The lowest BCUT2D eigenvalue weighted by Gasteiger charge is -2.24. The minimum atomic E-state index is -1.35. The molecular weight excluding hydrogens is 488 g/mol. The van der Waals surface area contributed by atoms with Crippen LogP contribution in [0.2, 0.25) is 0 Å². The third-order valence-electron chi connectivity index (χ3n) is 5.26. The van der Waals surface area contributed by atoms with Crippen molar-refractivity contribution in [3.05, 3.63) is 29.8 Å². The molecule has 12 heteroatoms. The Hall–Kier alpha value is -3.61. The molecule has 1 fully saturated rings. The van der Waals surface area contributed by atoms with Crippen LogP contribution in [0.5, 0.6) is 11.5 Å². The maximum atomic E-state index is 12.8. The summed E-state index contributed by atoms with van der Waals surface area (Å²) in [6.45, 7) is 4.88. The minimum Gasteiger partial charge on any atom is -0.423 e. The molecule has 1 unspecified atom stereocenters. The quantitative estimate of drug-likeness (QED) is 0.119. The van der Waals surface area contributed by atoms with Crippen LogP contribution in [0.25, 0.3) is 6.08 Å². The van der Waals surface area contributed by atoms with Crippen LogP contribution < -0.4 is 20.1 Å². The fraction of sp³-hybridized carbons (Fsp3) is 0.480. The molecule has 0 saturated carbocycles. The lowest BCUT2D eigenvalue weighted by atomic mass is 9.92. The van der Waals surface area contributed by atoms with Crippen LogP contribution in [0, 0.1) is 5.92 Å². The van der Waals surface area contributed by atoms with Gasteiger partial charge in [0.2, 0.25) is 11.8 Å². The average molecular weight is 521 g/mol. The SMILES string of the molecule is CC(=O)Oc1ccc(/C=C/C(=O)N[C@@H](CO)C(=O)NC(CC(C)C)C(=O)[C@@]2(CO)CO2)cc1OC(C)=O. The Morgan fingerprint density at radius 2 is 1.65 bits per heavy atom. The molecule has 1 heterocycles. The van der Waals surface area contributed by atoms with Crippen LogP contribution in [0.4, 0.5) is 0 Å². The van der Waals surface area contributed by atoms with E-state index in [0.717, 1.165) is 6.08 Å². The van der Waals surface area contributed by atoms with Crippen LogP contribution >= 0.6 is 0 Å². The molecule has 0 spiro atoms. The van der Waals surface area contributed by atoms with Crippen molar-refractivity contribution in [2.45, 2.75) is 51.8 Å². The summed E-state index contributed by atoms with van der Waals surface area (Å²) >= 11 is 0. The molecule has 2 rings (SSSR count). The zero-order valence-corrected chi connectivity index (χ0v) is 21.1. The van der Waals surface area contributed by atoms with Gasteiger partial charge in [0.15, 0.2) is 22.9 Å². The van der Waals surface area contributed by atoms with E-state index in [-0.39, 0.29) is 30.4 Å². The maximum Gasteiger partial charge on any atom is 0.308 e. The molecule has 12 nitrogen and oxygen atoms in total. The molecule has 1 saturated heterocycles. The summed E-state index contributed by atoms with van der Waals surface area (Å²) in [5.41, 5.74) is -0.919. The third kappa shape index (κ3) is 8.77. The average Bonchev–Trinajstić information content (AvgIpc) is 3.62. The number of esters is 2. The van der Waals surface area contributed by atoms with Gasteiger partial charge in [-0.25, -0.2) is 0 Å². The van der Waals surface area contributed by atoms with Crippen molar-refractivity contribution >= 4 is 35.6 Å². The molecular formula is C25H32N2O10. The van der Waals surface area contributed by atoms with Crippen LogP contribution in [-0.4, -0.2) is 77.3 Å². The first kappa shape index (κ1) is 29.6. The number of rotatable bonds is 13. The summed E-state index contributed by atoms with van der Waals surface area (Å²) in [7, 11) is 0. The van der Waals surface area contributed by atoms with Crippen molar-refractivity contribution in [1.82, 2.24) is 10.6 Å². The lowest BCUT2D eigenvalue weighted by Crippen LogP contribution is -2.55. The fourth-order valence-electron chi connectivity index (χ4n) is 3.38. The Bertz CT molecular complexity index is 1060. The highest BCUT2D eigenvalue weighted by atomic mass is 16.6. The second-order valence-corrected chi connectivity index (χ2v) is 8.97. The van der Waals surface area contributed by atoms with Gasteiger partial charge in [-0.1, -0.05) is 19.9 Å². The van der Waals surface area contributed by atoms with E-state index in [9.17, 15) is 34.2 Å². The van der Waals surface area contributed by atoms with Gasteiger partial charge in [0.05, 0.1) is 25.9 Å². The van der Waals surface area contributed by atoms with E-state index in [2.05, 4.69) is 10.6 Å². The van der Waals surface area contributed by atoms with Crippen molar-refractivity contribution in [3.63, 3.8) is 0 Å². The van der Waals surface area contributed by atoms with Gasteiger partial charge in [-0.05, 0) is 36.1 Å². The number of hydrogen-bond acceptors (Lipinski definition) is 10. The summed E-state index contributed by atoms with van der Waals surface area (Å²) in [4.78, 5) is 60.5. The van der Waals surface area contributed by atoms with Gasteiger partial charge in [0.25, 0.3) is 0 Å².